The van der Waals surface area contributed by atoms with Gasteiger partial charge in [-0.05, 0) is 24.3 Å². The van der Waals surface area contributed by atoms with E-state index in [1.54, 1.807) is 0 Å². The van der Waals surface area contributed by atoms with Crippen LogP contribution in [0.15, 0.2) is 47.8 Å². The molecule has 148 valence electrons. The lowest BCUT2D eigenvalue weighted by Gasteiger charge is -2.25. The highest BCUT2D eigenvalue weighted by atomic mass is 19.1. The van der Waals surface area contributed by atoms with Crippen LogP contribution in [0.4, 0.5) is 10.1 Å². The van der Waals surface area contributed by atoms with Gasteiger partial charge in [0.25, 0.3) is 0 Å². The van der Waals surface area contributed by atoms with E-state index in [0.29, 0.717) is 0 Å². The van der Waals surface area contributed by atoms with Crippen LogP contribution < -0.4 is 9.64 Å². The fourth-order valence-electron chi connectivity index (χ4n) is 2.59. The molecular formula is C19H18FNO7. The van der Waals surface area contributed by atoms with Crippen molar-refractivity contribution in [2.45, 2.75) is 0 Å². The number of rotatable bonds is 5. The van der Waals surface area contributed by atoms with E-state index in [-0.39, 0.29) is 22.7 Å². The van der Waals surface area contributed by atoms with Crippen molar-refractivity contribution in [3.05, 3.63) is 59.2 Å². The molecule has 1 aromatic rings. The monoisotopic (exact) mass is 391 g/mol. The summed E-state index contributed by atoms with van der Waals surface area (Å²) in [6, 6.07) is 2.30. The van der Waals surface area contributed by atoms with Crippen LogP contribution in [-0.2, 0) is 23.8 Å². The third-order valence-corrected chi connectivity index (χ3v) is 3.83. The Morgan fingerprint density at radius 1 is 0.893 bits per heavy atom. The number of hydrogen-bond donors (Lipinski definition) is 0. The van der Waals surface area contributed by atoms with Crippen LogP contribution in [0.1, 0.15) is 10.4 Å². The van der Waals surface area contributed by atoms with Crippen LogP contribution in [0.5, 0.6) is 5.75 Å². The number of ether oxygens (including phenoxy) is 4. The number of esters is 3. The van der Waals surface area contributed by atoms with Crippen molar-refractivity contribution in [2.24, 2.45) is 0 Å². The number of methoxy groups -OCH3 is 4. The van der Waals surface area contributed by atoms with Gasteiger partial charge < -0.3 is 23.8 Å². The molecule has 9 heteroatoms. The van der Waals surface area contributed by atoms with Crippen molar-refractivity contribution in [2.75, 3.05) is 33.3 Å². The van der Waals surface area contributed by atoms with Crippen LogP contribution in [0.25, 0.3) is 0 Å². The van der Waals surface area contributed by atoms with Crippen molar-refractivity contribution in [3.8, 4) is 5.75 Å². The van der Waals surface area contributed by atoms with Crippen LogP contribution in [0, 0.1) is 5.82 Å². The Balaban J connectivity index is 2.82. The van der Waals surface area contributed by atoms with E-state index in [0.717, 1.165) is 27.4 Å². The third kappa shape index (κ3) is 3.73. The predicted octanol–water partition coefficient (Wildman–Crippen LogP) is 2.11. The molecule has 0 saturated carbocycles. The Bertz CT molecular complexity index is 902. The standard InChI is InChI=1S/C19H18FNO7/c1-25-16-13(9-8-12(20)14(16)18(23)27-3)21-10-6-5-7-11(17(22)26-2)15(21)19(24)28-4/h5-10H,1-4H3. The van der Waals surface area contributed by atoms with Gasteiger partial charge in [0, 0.05) is 6.20 Å². The van der Waals surface area contributed by atoms with Gasteiger partial charge in [-0.1, -0.05) is 6.08 Å². The average molecular weight is 391 g/mol. The molecule has 1 aliphatic heterocycles. The summed E-state index contributed by atoms with van der Waals surface area (Å²) in [6.45, 7) is 0. The number of benzene rings is 1. The molecular weight excluding hydrogens is 373 g/mol. The topological polar surface area (TPSA) is 91.4 Å². The number of hydrogen-bond acceptors (Lipinski definition) is 8. The first-order valence-electron chi connectivity index (χ1n) is 7.91. The fourth-order valence-corrected chi connectivity index (χ4v) is 2.59. The fraction of sp³-hybridized carbons (Fsp3) is 0.211. The minimum Gasteiger partial charge on any atom is -0.494 e. The molecule has 0 saturated heterocycles. The van der Waals surface area contributed by atoms with Gasteiger partial charge in [0.1, 0.15) is 17.1 Å². The van der Waals surface area contributed by atoms with Crippen molar-refractivity contribution in [1.29, 1.82) is 0 Å². The maximum Gasteiger partial charge on any atom is 0.355 e. The Morgan fingerprint density at radius 3 is 2.11 bits per heavy atom. The zero-order valence-corrected chi connectivity index (χ0v) is 15.6. The summed E-state index contributed by atoms with van der Waals surface area (Å²) in [7, 11) is 4.63. The highest BCUT2D eigenvalue weighted by Gasteiger charge is 2.31. The maximum atomic E-state index is 14.3. The van der Waals surface area contributed by atoms with Gasteiger partial charge in [0.05, 0.1) is 39.7 Å². The summed E-state index contributed by atoms with van der Waals surface area (Å²) >= 11 is 0. The lowest BCUT2D eigenvalue weighted by atomic mass is 10.1. The molecule has 0 aromatic heterocycles. The molecule has 0 spiro atoms. The van der Waals surface area contributed by atoms with Gasteiger partial charge in [-0.15, -0.1) is 0 Å². The van der Waals surface area contributed by atoms with E-state index in [1.165, 1.54) is 42.5 Å². The highest BCUT2D eigenvalue weighted by molar-refractivity contribution is 6.06. The maximum absolute atomic E-state index is 14.3. The summed E-state index contributed by atoms with van der Waals surface area (Å²) in [4.78, 5) is 37.9. The van der Waals surface area contributed by atoms with Crippen molar-refractivity contribution in [3.63, 3.8) is 0 Å². The normalized spacial score (nSPS) is 13.1. The molecule has 1 aromatic carbocycles. The quantitative estimate of drug-likeness (QED) is 0.557. The van der Waals surface area contributed by atoms with Crippen LogP contribution in [-0.4, -0.2) is 46.3 Å². The lowest BCUT2D eigenvalue weighted by molar-refractivity contribution is -0.139. The zero-order chi connectivity index (χ0) is 20.8. The average Bonchev–Trinajstić information content (AvgIpc) is 2.94. The second-order valence-corrected chi connectivity index (χ2v) is 5.28. The molecule has 0 amide bonds. The number of anilines is 1. The second-order valence-electron chi connectivity index (χ2n) is 5.28. The Hall–Kier alpha value is -3.62. The molecule has 0 radical (unpaired) electrons. The van der Waals surface area contributed by atoms with Crippen molar-refractivity contribution < 1.29 is 37.7 Å². The molecule has 8 nitrogen and oxygen atoms in total. The van der Waals surface area contributed by atoms with Gasteiger partial charge in [0.15, 0.2) is 5.75 Å². The number of carbonyl (C=O) groups excluding carboxylic acids is 3. The van der Waals surface area contributed by atoms with Gasteiger partial charge in [-0.3, -0.25) is 0 Å². The van der Waals surface area contributed by atoms with Gasteiger partial charge >= 0.3 is 17.9 Å². The largest absolute Gasteiger partial charge is 0.494 e. The first-order valence-corrected chi connectivity index (χ1v) is 7.91. The number of allylic oxidation sites excluding steroid dienone is 2. The van der Waals surface area contributed by atoms with E-state index in [2.05, 4.69) is 4.74 Å². The first-order chi connectivity index (χ1) is 13.4. The lowest BCUT2D eigenvalue weighted by Crippen LogP contribution is -2.27. The Kier molecular flexibility index (Phi) is 6.54. The van der Waals surface area contributed by atoms with E-state index in [9.17, 15) is 18.8 Å². The summed E-state index contributed by atoms with van der Waals surface area (Å²) in [5, 5.41) is 0. The Morgan fingerprint density at radius 2 is 1.54 bits per heavy atom. The van der Waals surface area contributed by atoms with Gasteiger partial charge in [-0.25, -0.2) is 18.8 Å². The molecule has 2 rings (SSSR count). The summed E-state index contributed by atoms with van der Waals surface area (Å²) in [5.41, 5.74) is -0.673. The molecule has 1 aliphatic rings. The van der Waals surface area contributed by atoms with Crippen LogP contribution in [0.2, 0.25) is 0 Å². The first kappa shape index (κ1) is 20.7. The summed E-state index contributed by atoms with van der Waals surface area (Å²) in [5.74, 6) is -3.68. The predicted molar refractivity (Wildman–Crippen MR) is 96.1 cm³/mol. The number of carbonyl (C=O) groups is 3. The second kappa shape index (κ2) is 8.85. The molecule has 28 heavy (non-hydrogen) atoms. The minimum atomic E-state index is -0.968. The summed E-state index contributed by atoms with van der Waals surface area (Å²) in [6.07, 6.45) is 5.83. The molecule has 0 bridgehead atoms. The molecule has 0 N–H and O–H groups in total. The zero-order valence-electron chi connectivity index (χ0n) is 15.6. The minimum absolute atomic E-state index is 0.103. The van der Waals surface area contributed by atoms with Gasteiger partial charge in [-0.2, -0.15) is 0 Å². The van der Waals surface area contributed by atoms with E-state index in [4.69, 9.17) is 14.2 Å². The number of nitrogens with zero attached hydrogens (tertiary/aromatic N) is 1. The highest BCUT2D eigenvalue weighted by Crippen LogP contribution is 2.38. The molecule has 1 heterocycles. The van der Waals surface area contributed by atoms with Crippen LogP contribution in [0.3, 0.4) is 0 Å². The van der Waals surface area contributed by atoms with Crippen LogP contribution >= 0.6 is 0 Å². The van der Waals surface area contributed by atoms with E-state index < -0.39 is 29.3 Å². The molecule has 0 aliphatic carbocycles. The van der Waals surface area contributed by atoms with Crippen molar-refractivity contribution >= 4 is 23.6 Å². The molecule has 0 fully saturated rings. The SMILES string of the molecule is COC(=O)C1=C(C(=O)OC)N(c2ccc(F)c(C(=O)OC)c2OC)C=CC=C1. The van der Waals surface area contributed by atoms with E-state index in [1.807, 2.05) is 0 Å². The smallest absolute Gasteiger partial charge is 0.355 e. The third-order valence-electron chi connectivity index (χ3n) is 3.83. The van der Waals surface area contributed by atoms with Crippen molar-refractivity contribution in [1.82, 2.24) is 0 Å². The Labute approximate surface area is 160 Å². The molecule has 0 atom stereocenters. The summed E-state index contributed by atoms with van der Waals surface area (Å²) < 4.78 is 33.7. The van der Waals surface area contributed by atoms with E-state index >= 15 is 0 Å². The number of halogens is 1. The van der Waals surface area contributed by atoms with Gasteiger partial charge in [0.2, 0.25) is 0 Å². The molecule has 0 unspecified atom stereocenters.